The van der Waals surface area contributed by atoms with Crippen LogP contribution in [0.25, 0.3) is 38.3 Å². The second kappa shape index (κ2) is 4.99. The lowest BCUT2D eigenvalue weighted by Crippen LogP contribution is -2.31. The van der Waals surface area contributed by atoms with Gasteiger partial charge in [-0.05, 0) is 32.4 Å². The van der Waals surface area contributed by atoms with Crippen molar-refractivity contribution in [3.63, 3.8) is 0 Å². The van der Waals surface area contributed by atoms with Gasteiger partial charge < -0.3 is 4.74 Å². The van der Waals surface area contributed by atoms with Crippen LogP contribution in [0.3, 0.4) is 0 Å². The molecule has 7 heteroatoms. The molecule has 5 heterocycles. The van der Waals surface area contributed by atoms with Gasteiger partial charge in [-0.25, -0.2) is 15.0 Å². The van der Waals surface area contributed by atoms with Gasteiger partial charge in [0.1, 0.15) is 16.3 Å². The quantitative estimate of drug-likeness (QED) is 0.407. The highest BCUT2D eigenvalue weighted by Crippen LogP contribution is 2.40. The standard InChI is InChI=1S/C20H17N5OS/c1-10-21-19-15(12-8-20(2,3)26-9-14(12)27-19)18-23-17-16(24-25(10)18)11-6-4-5-7-13(11)22-17/h4-7H,8-9H2,1-3H3. The zero-order chi connectivity index (χ0) is 18.3. The van der Waals surface area contributed by atoms with E-state index in [2.05, 4.69) is 13.8 Å². The Morgan fingerprint density at radius 2 is 2.00 bits per heavy atom. The molecular formula is C20H17N5OS. The Balaban J connectivity index is 1.77. The Bertz CT molecular complexity index is 1350. The van der Waals surface area contributed by atoms with Crippen LogP contribution in [0.5, 0.6) is 0 Å². The van der Waals surface area contributed by atoms with Crippen molar-refractivity contribution in [2.75, 3.05) is 0 Å². The second-order valence-electron chi connectivity index (χ2n) is 7.72. The van der Waals surface area contributed by atoms with Gasteiger partial charge in [-0.1, -0.05) is 18.2 Å². The topological polar surface area (TPSA) is 65.2 Å². The number of aryl methyl sites for hydroxylation is 1. The molecule has 0 N–H and O–H groups in total. The molecule has 0 atom stereocenters. The summed E-state index contributed by atoms with van der Waals surface area (Å²) in [7, 11) is 0. The zero-order valence-electron chi connectivity index (χ0n) is 15.3. The molecule has 1 aromatic carbocycles. The third-order valence-electron chi connectivity index (χ3n) is 5.27. The summed E-state index contributed by atoms with van der Waals surface area (Å²) < 4.78 is 7.87. The van der Waals surface area contributed by atoms with Crippen LogP contribution in [0.1, 0.15) is 30.1 Å². The maximum atomic E-state index is 6.00. The summed E-state index contributed by atoms with van der Waals surface area (Å²) in [6.45, 7) is 6.87. The lowest BCUT2D eigenvalue weighted by Gasteiger charge is -2.30. The minimum Gasteiger partial charge on any atom is -0.370 e. The first-order chi connectivity index (χ1) is 13.0. The van der Waals surface area contributed by atoms with Gasteiger partial charge in [-0.2, -0.15) is 9.61 Å². The second-order valence-corrected chi connectivity index (χ2v) is 8.80. The highest BCUT2D eigenvalue weighted by atomic mass is 32.1. The number of rotatable bonds is 0. The van der Waals surface area contributed by atoms with Crippen LogP contribution in [0.4, 0.5) is 0 Å². The van der Waals surface area contributed by atoms with Gasteiger partial charge >= 0.3 is 0 Å². The summed E-state index contributed by atoms with van der Waals surface area (Å²) in [5.74, 6) is 1.52. The molecule has 3 aromatic rings. The smallest absolute Gasteiger partial charge is 0.183 e. The first kappa shape index (κ1) is 15.4. The molecule has 0 unspecified atom stereocenters. The van der Waals surface area contributed by atoms with Crippen molar-refractivity contribution in [3.05, 3.63) is 40.5 Å². The average molecular weight is 375 g/mol. The highest BCUT2D eigenvalue weighted by Gasteiger charge is 2.31. The van der Waals surface area contributed by atoms with Crippen LogP contribution in [0.2, 0.25) is 0 Å². The molecule has 2 aromatic heterocycles. The number of hydrogen-bond donors (Lipinski definition) is 0. The summed E-state index contributed by atoms with van der Waals surface area (Å²) in [5.41, 5.74) is 3.68. The summed E-state index contributed by atoms with van der Waals surface area (Å²) >= 11 is 1.70. The largest absolute Gasteiger partial charge is 0.370 e. The van der Waals surface area contributed by atoms with Crippen LogP contribution in [0, 0.1) is 6.92 Å². The van der Waals surface area contributed by atoms with E-state index in [-0.39, 0.29) is 5.60 Å². The summed E-state index contributed by atoms with van der Waals surface area (Å²) in [6, 6.07) is 8.04. The predicted octanol–water partition coefficient (Wildman–Crippen LogP) is 4.15. The van der Waals surface area contributed by atoms with Crippen LogP contribution < -0.4 is 0 Å². The SMILES string of the molecule is Cc1nc2sc3c(c2c2nc4nc5ccccc5c-4nn12)CC(C)(C)OC3. The van der Waals surface area contributed by atoms with Crippen LogP contribution in [0.15, 0.2) is 24.3 Å². The number of para-hydroxylation sites is 1. The molecule has 0 bridgehead atoms. The molecule has 0 saturated carbocycles. The lowest BCUT2D eigenvalue weighted by molar-refractivity contribution is -0.0379. The molecule has 27 heavy (non-hydrogen) atoms. The molecule has 0 fully saturated rings. The van der Waals surface area contributed by atoms with Gasteiger partial charge in [0.2, 0.25) is 0 Å². The summed E-state index contributed by atoms with van der Waals surface area (Å²) in [4.78, 5) is 16.7. The molecule has 3 aliphatic heterocycles. The minimum absolute atomic E-state index is 0.187. The van der Waals surface area contributed by atoms with Gasteiger partial charge in [0.25, 0.3) is 0 Å². The van der Waals surface area contributed by atoms with Crippen molar-refractivity contribution < 1.29 is 4.74 Å². The Morgan fingerprint density at radius 1 is 1.15 bits per heavy atom. The monoisotopic (exact) mass is 375 g/mol. The molecule has 0 amide bonds. The third kappa shape index (κ3) is 2.09. The zero-order valence-corrected chi connectivity index (χ0v) is 16.1. The maximum absolute atomic E-state index is 6.00. The average Bonchev–Trinajstić information content (AvgIpc) is 3.16. The Hall–Kier alpha value is -2.64. The number of nitrogens with zero attached hydrogens (tertiary/aromatic N) is 5. The molecule has 6 rings (SSSR count). The minimum atomic E-state index is -0.187. The highest BCUT2D eigenvalue weighted by molar-refractivity contribution is 7.19. The van der Waals surface area contributed by atoms with E-state index in [4.69, 9.17) is 24.8 Å². The van der Waals surface area contributed by atoms with Crippen molar-refractivity contribution >= 4 is 38.1 Å². The van der Waals surface area contributed by atoms with E-state index < -0.39 is 0 Å². The fraction of sp³-hybridized carbons (Fsp3) is 0.300. The first-order valence-electron chi connectivity index (χ1n) is 9.00. The number of benzene rings is 1. The van der Waals surface area contributed by atoms with Crippen molar-refractivity contribution in [2.45, 2.75) is 39.4 Å². The number of thiophene rings is 1. The van der Waals surface area contributed by atoms with E-state index in [1.165, 1.54) is 10.4 Å². The van der Waals surface area contributed by atoms with E-state index >= 15 is 0 Å². The summed E-state index contributed by atoms with van der Waals surface area (Å²) in [6.07, 6.45) is 0.846. The van der Waals surface area contributed by atoms with Crippen LogP contribution in [-0.2, 0) is 17.8 Å². The van der Waals surface area contributed by atoms with E-state index in [1.807, 2.05) is 35.7 Å². The third-order valence-corrected chi connectivity index (χ3v) is 6.37. The van der Waals surface area contributed by atoms with Gasteiger partial charge in [-0.3, -0.25) is 0 Å². The van der Waals surface area contributed by atoms with E-state index in [0.29, 0.717) is 12.4 Å². The van der Waals surface area contributed by atoms with Crippen molar-refractivity contribution in [1.82, 2.24) is 24.6 Å². The lowest BCUT2D eigenvalue weighted by atomic mass is 9.94. The van der Waals surface area contributed by atoms with Gasteiger partial charge in [0, 0.05) is 16.7 Å². The van der Waals surface area contributed by atoms with Crippen LogP contribution in [-0.4, -0.2) is 30.2 Å². The Morgan fingerprint density at radius 3 is 2.89 bits per heavy atom. The Kier molecular flexibility index (Phi) is 2.85. The molecule has 0 spiro atoms. The fourth-order valence-corrected chi connectivity index (χ4v) is 5.10. The van der Waals surface area contributed by atoms with Gasteiger partial charge in [-0.15, -0.1) is 11.3 Å². The van der Waals surface area contributed by atoms with E-state index in [9.17, 15) is 0 Å². The van der Waals surface area contributed by atoms with Crippen molar-refractivity contribution in [3.8, 4) is 11.5 Å². The number of aromatic nitrogens is 5. The maximum Gasteiger partial charge on any atom is 0.183 e. The predicted molar refractivity (Wildman–Crippen MR) is 105 cm³/mol. The molecule has 0 saturated heterocycles. The van der Waals surface area contributed by atoms with Gasteiger partial charge in [0.15, 0.2) is 11.5 Å². The van der Waals surface area contributed by atoms with Crippen LogP contribution >= 0.6 is 11.3 Å². The molecular weight excluding hydrogens is 358 g/mol. The molecule has 134 valence electrons. The first-order valence-corrected chi connectivity index (χ1v) is 9.82. The Labute approximate surface area is 159 Å². The van der Waals surface area contributed by atoms with Gasteiger partial charge in [0.05, 0.1) is 23.1 Å². The van der Waals surface area contributed by atoms with E-state index in [0.717, 1.165) is 44.7 Å². The summed E-state index contributed by atoms with van der Waals surface area (Å²) in [5, 5.41) is 7.00. The molecule has 6 nitrogen and oxygen atoms in total. The molecule has 0 aliphatic carbocycles. The molecule has 3 aliphatic rings. The normalized spacial score (nSPS) is 16.6. The number of hydrogen-bond acceptors (Lipinski definition) is 6. The van der Waals surface area contributed by atoms with Crippen molar-refractivity contribution in [2.24, 2.45) is 0 Å². The molecule has 0 radical (unpaired) electrons. The van der Waals surface area contributed by atoms with Crippen molar-refractivity contribution in [1.29, 1.82) is 0 Å². The van der Waals surface area contributed by atoms with E-state index in [1.54, 1.807) is 11.3 Å². The fourth-order valence-electron chi connectivity index (χ4n) is 3.96. The number of ether oxygens (including phenoxy) is 1. The number of fused-ring (bicyclic) bond motifs is 8.